The van der Waals surface area contributed by atoms with Crippen LogP contribution in [-0.2, 0) is 12.8 Å². The molecule has 0 N–H and O–H groups in total. The summed E-state index contributed by atoms with van der Waals surface area (Å²) in [6, 6.07) is 7.35. The maximum absolute atomic E-state index is 12.6. The van der Waals surface area contributed by atoms with E-state index in [4.69, 9.17) is 0 Å². The normalized spacial score (nSPS) is 33.1. The molecule has 1 aromatic rings. The van der Waals surface area contributed by atoms with Crippen molar-refractivity contribution < 1.29 is 8.78 Å². The molecule has 1 aromatic carbocycles. The molecule has 148 valence electrons. The highest BCUT2D eigenvalue weighted by Gasteiger charge is 2.36. The Morgan fingerprint density at radius 3 is 2.63 bits per heavy atom. The number of hydrogen-bond donors (Lipinski definition) is 0. The van der Waals surface area contributed by atoms with Crippen LogP contribution in [0.3, 0.4) is 0 Å². The van der Waals surface area contributed by atoms with E-state index in [9.17, 15) is 8.78 Å². The lowest BCUT2D eigenvalue weighted by atomic mass is 9.63. The van der Waals surface area contributed by atoms with Crippen LogP contribution in [0.25, 0.3) is 0 Å². The lowest BCUT2D eigenvalue weighted by Gasteiger charge is -2.42. The number of halogens is 2. The number of benzene rings is 1. The van der Waals surface area contributed by atoms with Crippen LogP contribution in [0.15, 0.2) is 30.4 Å². The van der Waals surface area contributed by atoms with Gasteiger partial charge in [-0.15, -0.1) is 0 Å². The first kappa shape index (κ1) is 19.2. The van der Waals surface area contributed by atoms with Gasteiger partial charge in [-0.3, -0.25) is 0 Å². The summed E-state index contributed by atoms with van der Waals surface area (Å²) in [6.45, 7) is 2.30. The minimum Gasteiger partial charge on any atom is -0.174 e. The summed E-state index contributed by atoms with van der Waals surface area (Å²) in [5.41, 5.74) is 4.75. The molecule has 3 aliphatic rings. The van der Waals surface area contributed by atoms with Gasteiger partial charge >= 0.3 is 0 Å². The standard InChI is InChI=1S/C25H34F2/c1-2-3-17-4-6-21-15-23(10-8-19(21)12-17)24-11-9-20-13-18(14-25(26)27)5-7-22(20)16-24/h8,10,14-15,17-18,20,22,24H,2-7,9,11-13,16H2,1H3. The van der Waals surface area contributed by atoms with Gasteiger partial charge in [0.1, 0.15) is 0 Å². The van der Waals surface area contributed by atoms with Crippen molar-refractivity contribution in [1.82, 2.24) is 0 Å². The van der Waals surface area contributed by atoms with Gasteiger partial charge in [0.2, 0.25) is 0 Å². The van der Waals surface area contributed by atoms with E-state index in [2.05, 4.69) is 25.1 Å². The second-order valence-corrected chi connectivity index (χ2v) is 9.49. The molecule has 2 saturated carbocycles. The van der Waals surface area contributed by atoms with E-state index in [-0.39, 0.29) is 5.92 Å². The summed E-state index contributed by atoms with van der Waals surface area (Å²) in [4.78, 5) is 0. The smallest absolute Gasteiger partial charge is 0.174 e. The fourth-order valence-electron chi connectivity index (χ4n) is 6.32. The average molecular weight is 373 g/mol. The van der Waals surface area contributed by atoms with Crippen molar-refractivity contribution in [2.45, 2.75) is 83.5 Å². The van der Waals surface area contributed by atoms with E-state index >= 15 is 0 Å². The van der Waals surface area contributed by atoms with Gasteiger partial charge in [-0.1, -0.05) is 38.0 Å². The predicted octanol–water partition coefficient (Wildman–Crippen LogP) is 7.67. The maximum Gasteiger partial charge on any atom is 0.266 e. The molecule has 0 heterocycles. The van der Waals surface area contributed by atoms with Crippen molar-refractivity contribution >= 4 is 0 Å². The van der Waals surface area contributed by atoms with Gasteiger partial charge in [0.25, 0.3) is 6.08 Å². The number of allylic oxidation sites excluding steroid dienone is 1. The van der Waals surface area contributed by atoms with Crippen LogP contribution in [0, 0.1) is 23.7 Å². The molecule has 0 aliphatic heterocycles. The van der Waals surface area contributed by atoms with Crippen LogP contribution in [0.1, 0.15) is 87.3 Å². The highest BCUT2D eigenvalue weighted by Crippen LogP contribution is 2.48. The van der Waals surface area contributed by atoms with Crippen molar-refractivity contribution in [3.8, 4) is 0 Å². The average Bonchev–Trinajstić information content (AvgIpc) is 2.67. The second-order valence-electron chi connectivity index (χ2n) is 9.49. The Balaban J connectivity index is 1.39. The predicted molar refractivity (Wildman–Crippen MR) is 108 cm³/mol. The molecule has 0 radical (unpaired) electrons. The monoisotopic (exact) mass is 372 g/mol. The number of rotatable bonds is 4. The molecule has 3 aliphatic carbocycles. The molecule has 5 atom stereocenters. The summed E-state index contributed by atoms with van der Waals surface area (Å²) in [5.74, 6) is 3.12. The summed E-state index contributed by atoms with van der Waals surface area (Å²) in [5, 5.41) is 0. The third kappa shape index (κ3) is 4.46. The lowest BCUT2D eigenvalue weighted by molar-refractivity contribution is 0.132. The third-order valence-corrected chi connectivity index (χ3v) is 7.74. The largest absolute Gasteiger partial charge is 0.266 e. The zero-order chi connectivity index (χ0) is 18.8. The molecule has 0 aromatic heterocycles. The molecule has 5 unspecified atom stereocenters. The van der Waals surface area contributed by atoms with E-state index in [0.29, 0.717) is 11.8 Å². The van der Waals surface area contributed by atoms with Crippen LogP contribution in [0.5, 0.6) is 0 Å². The molecule has 4 rings (SSSR count). The first-order chi connectivity index (χ1) is 13.1. The Morgan fingerprint density at radius 1 is 1.00 bits per heavy atom. The molecule has 2 fully saturated rings. The van der Waals surface area contributed by atoms with E-state index in [1.165, 1.54) is 57.4 Å². The zero-order valence-electron chi connectivity index (χ0n) is 16.7. The number of fused-ring (bicyclic) bond motifs is 2. The van der Waals surface area contributed by atoms with E-state index in [1.807, 2.05) is 0 Å². The van der Waals surface area contributed by atoms with Crippen LogP contribution in [0.4, 0.5) is 8.78 Å². The Labute approximate surface area is 163 Å². The highest BCUT2D eigenvalue weighted by atomic mass is 19.3. The lowest BCUT2D eigenvalue weighted by Crippen LogP contribution is -2.30. The van der Waals surface area contributed by atoms with Crippen LogP contribution < -0.4 is 0 Å². The van der Waals surface area contributed by atoms with Crippen molar-refractivity contribution in [2.75, 3.05) is 0 Å². The molecule has 0 nitrogen and oxygen atoms in total. The molecule has 0 spiro atoms. The second kappa shape index (κ2) is 8.45. The van der Waals surface area contributed by atoms with Gasteiger partial charge in [-0.2, -0.15) is 8.78 Å². The first-order valence-corrected chi connectivity index (χ1v) is 11.3. The van der Waals surface area contributed by atoms with Crippen molar-refractivity contribution in [3.05, 3.63) is 47.0 Å². The first-order valence-electron chi connectivity index (χ1n) is 11.3. The van der Waals surface area contributed by atoms with Crippen molar-refractivity contribution in [3.63, 3.8) is 0 Å². The SMILES string of the molecule is CCCC1CCc2cc(C3CCC4CC(C=C(F)F)CCC4C3)ccc2C1. The maximum atomic E-state index is 12.6. The van der Waals surface area contributed by atoms with E-state index in [0.717, 1.165) is 31.1 Å². The number of hydrogen-bond acceptors (Lipinski definition) is 0. The molecule has 0 bridgehead atoms. The molecular weight excluding hydrogens is 338 g/mol. The Bertz CT molecular complexity index is 673. The van der Waals surface area contributed by atoms with Gasteiger partial charge in [-0.25, -0.2) is 0 Å². The Hall–Kier alpha value is -1.18. The van der Waals surface area contributed by atoms with E-state index < -0.39 is 6.08 Å². The van der Waals surface area contributed by atoms with Gasteiger partial charge in [0, 0.05) is 0 Å². The van der Waals surface area contributed by atoms with Crippen LogP contribution in [-0.4, -0.2) is 0 Å². The number of aryl methyl sites for hydroxylation is 1. The third-order valence-electron chi connectivity index (χ3n) is 7.74. The summed E-state index contributed by atoms with van der Waals surface area (Å²) in [7, 11) is 0. The van der Waals surface area contributed by atoms with Crippen molar-refractivity contribution in [2.24, 2.45) is 23.7 Å². The quantitative estimate of drug-likeness (QED) is 0.508. The van der Waals surface area contributed by atoms with Gasteiger partial charge < -0.3 is 0 Å². The van der Waals surface area contributed by atoms with Crippen molar-refractivity contribution in [1.29, 1.82) is 0 Å². The van der Waals surface area contributed by atoms with Gasteiger partial charge in [-0.05, 0) is 110 Å². The topological polar surface area (TPSA) is 0 Å². The molecule has 0 saturated heterocycles. The summed E-state index contributed by atoms with van der Waals surface area (Å²) in [6.07, 6.45) is 13.1. The molecule has 2 heteroatoms. The minimum atomic E-state index is -1.48. The van der Waals surface area contributed by atoms with Gasteiger partial charge in [0.05, 0.1) is 0 Å². The minimum absolute atomic E-state index is 0.118. The fraction of sp³-hybridized carbons (Fsp3) is 0.680. The van der Waals surface area contributed by atoms with E-state index in [1.54, 1.807) is 16.7 Å². The fourth-order valence-corrected chi connectivity index (χ4v) is 6.32. The Morgan fingerprint density at radius 2 is 1.81 bits per heavy atom. The van der Waals surface area contributed by atoms with Gasteiger partial charge in [0.15, 0.2) is 0 Å². The summed E-state index contributed by atoms with van der Waals surface area (Å²) < 4.78 is 25.2. The molecular formula is C25H34F2. The molecule has 27 heavy (non-hydrogen) atoms. The highest BCUT2D eigenvalue weighted by molar-refractivity contribution is 5.36. The Kier molecular flexibility index (Phi) is 5.99. The van der Waals surface area contributed by atoms with Crippen LogP contribution >= 0.6 is 0 Å². The zero-order valence-corrected chi connectivity index (χ0v) is 16.7. The summed E-state index contributed by atoms with van der Waals surface area (Å²) >= 11 is 0. The van der Waals surface area contributed by atoms with Crippen LogP contribution in [0.2, 0.25) is 0 Å². The molecule has 0 amide bonds.